The summed E-state index contributed by atoms with van der Waals surface area (Å²) in [7, 11) is 0. The average molecular weight is 312 g/mol. The second-order valence-corrected chi connectivity index (χ2v) is 5.02. The number of ether oxygens (including phenoxy) is 1. The SMILES string of the molecule is CC(CO[C]=O)c1cc(C(=O)c2ccccc2)ccc1[N+](=O)[O-]. The number of ketones is 1. The zero-order valence-electron chi connectivity index (χ0n) is 12.4. The Morgan fingerprint density at radius 1 is 1.22 bits per heavy atom. The van der Waals surface area contributed by atoms with Crippen molar-refractivity contribution in [2.24, 2.45) is 0 Å². The Morgan fingerprint density at radius 3 is 2.52 bits per heavy atom. The summed E-state index contributed by atoms with van der Waals surface area (Å²) in [6, 6.07) is 12.9. The first-order valence-corrected chi connectivity index (χ1v) is 6.91. The Hall–Kier alpha value is -3.02. The molecule has 0 amide bonds. The van der Waals surface area contributed by atoms with Crippen LogP contribution in [0.5, 0.6) is 0 Å². The van der Waals surface area contributed by atoms with Crippen molar-refractivity contribution < 1.29 is 19.2 Å². The lowest BCUT2D eigenvalue weighted by Crippen LogP contribution is -2.09. The normalized spacial score (nSPS) is 11.5. The molecule has 2 rings (SSSR count). The van der Waals surface area contributed by atoms with Gasteiger partial charge in [-0.25, -0.2) is 4.79 Å². The molecule has 2 aromatic rings. The highest BCUT2D eigenvalue weighted by molar-refractivity contribution is 6.09. The Bertz CT molecular complexity index is 727. The second kappa shape index (κ2) is 7.31. The number of benzene rings is 2. The van der Waals surface area contributed by atoms with E-state index in [0.717, 1.165) is 0 Å². The predicted molar refractivity (Wildman–Crippen MR) is 83.0 cm³/mol. The summed E-state index contributed by atoms with van der Waals surface area (Å²) < 4.78 is 4.56. The minimum absolute atomic E-state index is 0.0483. The largest absolute Gasteiger partial charge is 0.457 e. The van der Waals surface area contributed by atoms with Crippen molar-refractivity contribution in [2.75, 3.05) is 6.61 Å². The summed E-state index contributed by atoms with van der Waals surface area (Å²) >= 11 is 0. The van der Waals surface area contributed by atoms with E-state index in [-0.39, 0.29) is 18.1 Å². The Labute approximate surface area is 132 Å². The van der Waals surface area contributed by atoms with Crippen molar-refractivity contribution in [3.05, 3.63) is 75.3 Å². The first-order chi connectivity index (χ1) is 11.0. The van der Waals surface area contributed by atoms with Gasteiger partial charge in [0.25, 0.3) is 5.69 Å². The van der Waals surface area contributed by atoms with Crippen molar-refractivity contribution in [1.29, 1.82) is 0 Å². The van der Waals surface area contributed by atoms with E-state index in [9.17, 15) is 19.7 Å². The maximum absolute atomic E-state index is 12.5. The van der Waals surface area contributed by atoms with Gasteiger partial charge in [0, 0.05) is 28.7 Å². The summed E-state index contributed by atoms with van der Waals surface area (Å²) in [5.41, 5.74) is 1.07. The second-order valence-electron chi connectivity index (χ2n) is 5.02. The van der Waals surface area contributed by atoms with Crippen LogP contribution in [-0.2, 0) is 9.53 Å². The molecule has 0 aliphatic heterocycles. The van der Waals surface area contributed by atoms with Gasteiger partial charge in [-0.3, -0.25) is 14.9 Å². The molecule has 0 aromatic heterocycles. The number of nitro benzene ring substituents is 1. The molecular formula is C17H14NO5. The number of hydrogen-bond acceptors (Lipinski definition) is 5. The lowest BCUT2D eigenvalue weighted by molar-refractivity contribution is -0.385. The fourth-order valence-electron chi connectivity index (χ4n) is 2.26. The van der Waals surface area contributed by atoms with Gasteiger partial charge in [0.2, 0.25) is 0 Å². The molecule has 0 aliphatic rings. The number of nitrogens with zero attached hydrogens (tertiary/aromatic N) is 1. The van der Waals surface area contributed by atoms with Gasteiger partial charge in [0.1, 0.15) is 0 Å². The molecule has 6 nitrogen and oxygen atoms in total. The molecule has 1 atom stereocenters. The van der Waals surface area contributed by atoms with Gasteiger partial charge in [-0.05, 0) is 12.1 Å². The van der Waals surface area contributed by atoms with E-state index in [1.54, 1.807) is 37.3 Å². The van der Waals surface area contributed by atoms with Gasteiger partial charge < -0.3 is 4.74 Å². The van der Waals surface area contributed by atoms with Crippen LogP contribution >= 0.6 is 0 Å². The van der Waals surface area contributed by atoms with Crippen LogP contribution in [0, 0.1) is 10.1 Å². The summed E-state index contributed by atoms with van der Waals surface area (Å²) in [5, 5.41) is 11.2. The maximum Gasteiger partial charge on any atom is 0.417 e. The van der Waals surface area contributed by atoms with Crippen molar-refractivity contribution in [2.45, 2.75) is 12.8 Å². The molecule has 0 spiro atoms. The molecule has 0 saturated carbocycles. The van der Waals surface area contributed by atoms with E-state index in [4.69, 9.17) is 0 Å². The Balaban J connectivity index is 2.41. The smallest absolute Gasteiger partial charge is 0.417 e. The van der Waals surface area contributed by atoms with E-state index in [1.165, 1.54) is 24.7 Å². The molecule has 0 heterocycles. The zero-order chi connectivity index (χ0) is 16.8. The van der Waals surface area contributed by atoms with Crippen molar-refractivity contribution in [3.8, 4) is 0 Å². The van der Waals surface area contributed by atoms with Gasteiger partial charge in [-0.1, -0.05) is 37.3 Å². The highest BCUT2D eigenvalue weighted by atomic mass is 16.6. The number of carbonyl (C=O) groups excluding carboxylic acids is 2. The molecule has 0 saturated heterocycles. The predicted octanol–water partition coefficient (Wildman–Crippen LogP) is 3.01. The van der Waals surface area contributed by atoms with Crippen LogP contribution in [0.1, 0.15) is 34.3 Å². The third-order valence-electron chi connectivity index (χ3n) is 3.45. The molecule has 0 fully saturated rings. The number of hydrogen-bond donors (Lipinski definition) is 0. The van der Waals surface area contributed by atoms with E-state index in [1.807, 2.05) is 0 Å². The van der Waals surface area contributed by atoms with Gasteiger partial charge >= 0.3 is 6.47 Å². The monoisotopic (exact) mass is 312 g/mol. The van der Waals surface area contributed by atoms with Crippen molar-refractivity contribution in [3.63, 3.8) is 0 Å². The summed E-state index contributed by atoms with van der Waals surface area (Å²) in [4.78, 5) is 33.3. The molecule has 117 valence electrons. The van der Waals surface area contributed by atoms with E-state index >= 15 is 0 Å². The van der Waals surface area contributed by atoms with Crippen LogP contribution in [0.4, 0.5) is 5.69 Å². The quantitative estimate of drug-likeness (QED) is 0.445. The van der Waals surface area contributed by atoms with Gasteiger partial charge in [-0.15, -0.1) is 0 Å². The van der Waals surface area contributed by atoms with Crippen LogP contribution in [0.15, 0.2) is 48.5 Å². The van der Waals surface area contributed by atoms with E-state index in [2.05, 4.69) is 4.74 Å². The van der Waals surface area contributed by atoms with Crippen LogP contribution in [0.3, 0.4) is 0 Å². The van der Waals surface area contributed by atoms with Crippen molar-refractivity contribution in [1.82, 2.24) is 0 Å². The van der Waals surface area contributed by atoms with Gasteiger partial charge in [0.05, 0.1) is 11.5 Å². The average Bonchev–Trinajstić information content (AvgIpc) is 2.59. The van der Waals surface area contributed by atoms with E-state index < -0.39 is 10.8 Å². The molecule has 1 radical (unpaired) electrons. The highest BCUT2D eigenvalue weighted by Gasteiger charge is 2.22. The van der Waals surface area contributed by atoms with Gasteiger partial charge in [-0.2, -0.15) is 0 Å². The molecule has 0 aliphatic carbocycles. The Morgan fingerprint density at radius 2 is 1.91 bits per heavy atom. The minimum atomic E-state index is -0.521. The van der Waals surface area contributed by atoms with Gasteiger partial charge in [0.15, 0.2) is 5.78 Å². The van der Waals surface area contributed by atoms with Crippen LogP contribution < -0.4 is 0 Å². The molecule has 23 heavy (non-hydrogen) atoms. The fraction of sp³-hybridized carbons (Fsp3) is 0.176. The topological polar surface area (TPSA) is 86.5 Å². The molecule has 0 bridgehead atoms. The standard InChI is InChI=1S/C17H14NO5/c1-12(10-23-11-19)15-9-14(7-8-16(15)18(21)22)17(20)13-5-3-2-4-6-13/h2-9,12H,10H2,1H3. The lowest BCUT2D eigenvalue weighted by Gasteiger charge is -2.12. The van der Waals surface area contributed by atoms with Crippen LogP contribution in [0.25, 0.3) is 0 Å². The first kappa shape index (κ1) is 16.4. The fourth-order valence-corrected chi connectivity index (χ4v) is 2.26. The lowest BCUT2D eigenvalue weighted by atomic mass is 9.94. The summed E-state index contributed by atoms with van der Waals surface area (Å²) in [5.74, 6) is -0.655. The third-order valence-corrected chi connectivity index (χ3v) is 3.45. The number of rotatable bonds is 7. The van der Waals surface area contributed by atoms with Crippen LogP contribution in [0.2, 0.25) is 0 Å². The number of nitro groups is 1. The summed E-state index contributed by atoms with van der Waals surface area (Å²) in [6.07, 6.45) is 0. The summed E-state index contributed by atoms with van der Waals surface area (Å²) in [6.45, 7) is 2.92. The highest BCUT2D eigenvalue weighted by Crippen LogP contribution is 2.28. The Kier molecular flexibility index (Phi) is 5.19. The van der Waals surface area contributed by atoms with E-state index in [0.29, 0.717) is 16.7 Å². The zero-order valence-corrected chi connectivity index (χ0v) is 12.4. The molecular weight excluding hydrogens is 298 g/mol. The van der Waals surface area contributed by atoms with Crippen LogP contribution in [-0.4, -0.2) is 23.8 Å². The van der Waals surface area contributed by atoms with Crippen molar-refractivity contribution >= 4 is 17.9 Å². The maximum atomic E-state index is 12.5. The number of carbonyl (C=O) groups is 1. The molecule has 0 N–H and O–H groups in total. The first-order valence-electron chi connectivity index (χ1n) is 6.91. The molecule has 6 heteroatoms. The third kappa shape index (κ3) is 3.79. The minimum Gasteiger partial charge on any atom is -0.457 e. The molecule has 1 unspecified atom stereocenters. The molecule has 2 aromatic carbocycles.